The zero-order chi connectivity index (χ0) is 25.9. The number of ether oxygens (including phenoxy) is 2. The predicted molar refractivity (Wildman–Crippen MR) is 135 cm³/mol. The molecule has 0 saturated carbocycles. The summed E-state index contributed by atoms with van der Waals surface area (Å²) in [6.45, 7) is 0.205. The van der Waals surface area contributed by atoms with E-state index in [0.717, 1.165) is 29.7 Å². The van der Waals surface area contributed by atoms with Crippen LogP contribution < -0.4 is 14.4 Å². The molecule has 0 unspecified atom stereocenters. The van der Waals surface area contributed by atoms with E-state index in [2.05, 4.69) is 4.99 Å². The maximum Gasteiger partial charge on any atom is 0.325 e. The molecule has 12 heteroatoms. The van der Waals surface area contributed by atoms with Crippen molar-refractivity contribution in [2.75, 3.05) is 37.2 Å². The van der Waals surface area contributed by atoms with E-state index < -0.39 is 39.1 Å². The maximum atomic E-state index is 12.8. The van der Waals surface area contributed by atoms with Gasteiger partial charge in [-0.1, -0.05) is 29.5 Å². The Hall–Kier alpha value is -3.51. The Labute approximate surface area is 211 Å². The summed E-state index contributed by atoms with van der Waals surface area (Å²) in [5.74, 6) is -3.21. The number of nitrogens with zero attached hydrogens (tertiary/aromatic N) is 3. The number of aromatic nitrogens is 1. The fourth-order valence-electron chi connectivity index (χ4n) is 4.05. The lowest BCUT2D eigenvalue weighted by Crippen LogP contribution is -2.40. The van der Waals surface area contributed by atoms with Crippen LogP contribution >= 0.6 is 11.3 Å². The van der Waals surface area contributed by atoms with E-state index in [0.29, 0.717) is 28.2 Å². The standard InChI is InChI=1S/C24H25N3O7S2/c1-33-17-9-10-19-20(12-17)35-24(27(19)13-23(30)34-2)25-21(28)14-36(31,32)15-22(29)26-11-5-7-16-6-3-4-8-18(16)26/h3-4,6,8-10,12H,5,7,11,13-15H2,1-2H3. The lowest BCUT2D eigenvalue weighted by Gasteiger charge is -2.29. The van der Waals surface area contributed by atoms with Crippen LogP contribution in [0.1, 0.15) is 12.0 Å². The molecule has 1 aliphatic heterocycles. The molecule has 2 heterocycles. The molecule has 0 radical (unpaired) electrons. The molecule has 0 N–H and O–H groups in total. The zero-order valence-electron chi connectivity index (χ0n) is 19.8. The molecular formula is C24H25N3O7S2. The van der Waals surface area contributed by atoms with E-state index in [1.807, 2.05) is 12.1 Å². The molecule has 4 rings (SSSR count). The molecule has 0 spiro atoms. The van der Waals surface area contributed by atoms with Crippen molar-refractivity contribution in [1.82, 2.24) is 4.57 Å². The topological polar surface area (TPSA) is 124 Å². The molecule has 0 fully saturated rings. The molecule has 36 heavy (non-hydrogen) atoms. The normalized spacial score (nSPS) is 13.9. The number of aryl methyl sites for hydroxylation is 1. The fraction of sp³-hybridized carbons (Fsp3) is 0.333. The fourth-order valence-corrected chi connectivity index (χ4v) is 6.20. The quantitative estimate of drug-likeness (QED) is 0.425. The summed E-state index contributed by atoms with van der Waals surface area (Å²) >= 11 is 1.11. The summed E-state index contributed by atoms with van der Waals surface area (Å²) in [5, 5.41) is 0. The molecule has 0 bridgehead atoms. The summed E-state index contributed by atoms with van der Waals surface area (Å²) in [5.41, 5.74) is 2.29. The van der Waals surface area contributed by atoms with Crippen molar-refractivity contribution in [3.05, 3.63) is 52.8 Å². The van der Waals surface area contributed by atoms with E-state index in [1.54, 1.807) is 30.3 Å². The Morgan fingerprint density at radius 3 is 2.61 bits per heavy atom. The van der Waals surface area contributed by atoms with Crippen LogP contribution in [0, 0.1) is 0 Å². The average Bonchev–Trinajstić information content (AvgIpc) is 3.18. The number of carbonyl (C=O) groups excluding carboxylic acids is 3. The lowest BCUT2D eigenvalue weighted by atomic mass is 10.0. The van der Waals surface area contributed by atoms with Crippen molar-refractivity contribution in [3.63, 3.8) is 0 Å². The molecule has 2 amide bonds. The van der Waals surface area contributed by atoms with Gasteiger partial charge in [-0.25, -0.2) is 8.42 Å². The van der Waals surface area contributed by atoms with Crippen LogP contribution in [0.2, 0.25) is 0 Å². The van der Waals surface area contributed by atoms with Gasteiger partial charge in [0.15, 0.2) is 14.6 Å². The van der Waals surface area contributed by atoms with Crippen LogP contribution in [0.3, 0.4) is 0 Å². The molecule has 190 valence electrons. The average molecular weight is 532 g/mol. The highest BCUT2D eigenvalue weighted by molar-refractivity contribution is 7.92. The van der Waals surface area contributed by atoms with Crippen LogP contribution in [0.25, 0.3) is 10.2 Å². The van der Waals surface area contributed by atoms with Gasteiger partial charge in [0.05, 0.1) is 24.4 Å². The summed E-state index contributed by atoms with van der Waals surface area (Å²) in [6.07, 6.45) is 1.55. The Morgan fingerprint density at radius 2 is 1.86 bits per heavy atom. The SMILES string of the molecule is COC(=O)Cn1c(=NC(=O)CS(=O)(=O)CC(=O)N2CCCc3ccccc32)sc2cc(OC)ccc21. The van der Waals surface area contributed by atoms with Gasteiger partial charge in [-0.2, -0.15) is 4.99 Å². The number of thiazole rings is 1. The second kappa shape index (κ2) is 10.6. The first kappa shape index (κ1) is 25.6. The smallest absolute Gasteiger partial charge is 0.325 e. The van der Waals surface area contributed by atoms with Crippen molar-refractivity contribution in [2.24, 2.45) is 4.99 Å². The van der Waals surface area contributed by atoms with Gasteiger partial charge in [0.2, 0.25) is 5.91 Å². The minimum absolute atomic E-state index is 0.139. The molecule has 2 aromatic carbocycles. The number of benzene rings is 2. The third-order valence-corrected chi connectivity index (χ3v) is 8.14. The van der Waals surface area contributed by atoms with E-state index in [1.165, 1.54) is 23.7 Å². The van der Waals surface area contributed by atoms with Crippen molar-refractivity contribution >= 4 is 54.9 Å². The zero-order valence-corrected chi connectivity index (χ0v) is 21.4. The Morgan fingerprint density at radius 1 is 1.08 bits per heavy atom. The number of anilines is 1. The Balaban J connectivity index is 1.57. The van der Waals surface area contributed by atoms with Gasteiger partial charge in [-0.15, -0.1) is 0 Å². The molecule has 0 saturated heterocycles. The van der Waals surface area contributed by atoms with Gasteiger partial charge >= 0.3 is 5.97 Å². The highest BCUT2D eigenvalue weighted by Crippen LogP contribution is 2.27. The molecule has 0 atom stereocenters. The summed E-state index contributed by atoms with van der Waals surface area (Å²) in [6, 6.07) is 12.5. The first-order valence-electron chi connectivity index (χ1n) is 11.1. The Bertz CT molecular complexity index is 1510. The van der Waals surface area contributed by atoms with E-state index in [-0.39, 0.29) is 11.3 Å². The molecular weight excluding hydrogens is 506 g/mol. The first-order chi connectivity index (χ1) is 17.2. The molecule has 1 aromatic heterocycles. The molecule has 1 aliphatic rings. The summed E-state index contributed by atoms with van der Waals surface area (Å²) in [7, 11) is -1.33. The largest absolute Gasteiger partial charge is 0.497 e. The highest BCUT2D eigenvalue weighted by Gasteiger charge is 2.28. The van der Waals surface area contributed by atoms with Gasteiger partial charge in [0.25, 0.3) is 5.91 Å². The van der Waals surface area contributed by atoms with Crippen LogP contribution in [-0.4, -0.2) is 63.0 Å². The van der Waals surface area contributed by atoms with Gasteiger partial charge in [0.1, 0.15) is 23.8 Å². The van der Waals surface area contributed by atoms with Crippen molar-refractivity contribution in [2.45, 2.75) is 19.4 Å². The molecule has 3 aromatic rings. The van der Waals surface area contributed by atoms with Crippen LogP contribution in [0.5, 0.6) is 5.75 Å². The second-order valence-electron chi connectivity index (χ2n) is 8.20. The molecule has 0 aliphatic carbocycles. The van der Waals surface area contributed by atoms with Crippen LogP contribution in [-0.2, 0) is 41.9 Å². The summed E-state index contributed by atoms with van der Waals surface area (Å²) < 4.78 is 37.6. The monoisotopic (exact) mass is 531 g/mol. The van der Waals surface area contributed by atoms with Gasteiger partial charge in [0, 0.05) is 12.2 Å². The maximum absolute atomic E-state index is 12.8. The van der Waals surface area contributed by atoms with Crippen LogP contribution in [0.4, 0.5) is 5.69 Å². The van der Waals surface area contributed by atoms with E-state index in [4.69, 9.17) is 9.47 Å². The molecule has 10 nitrogen and oxygen atoms in total. The number of methoxy groups -OCH3 is 2. The van der Waals surface area contributed by atoms with Crippen molar-refractivity contribution in [1.29, 1.82) is 0 Å². The van der Waals surface area contributed by atoms with Gasteiger partial charge in [-0.05, 0) is 42.7 Å². The number of carbonyl (C=O) groups is 3. The number of sulfone groups is 1. The van der Waals surface area contributed by atoms with E-state index >= 15 is 0 Å². The number of para-hydroxylation sites is 1. The third-order valence-electron chi connectivity index (χ3n) is 5.72. The Kier molecular flexibility index (Phi) is 7.55. The van der Waals surface area contributed by atoms with Gasteiger partial charge < -0.3 is 18.9 Å². The first-order valence-corrected chi connectivity index (χ1v) is 13.7. The number of hydrogen-bond acceptors (Lipinski definition) is 8. The van der Waals surface area contributed by atoms with Crippen molar-refractivity contribution in [3.8, 4) is 5.75 Å². The van der Waals surface area contributed by atoms with Gasteiger partial charge in [-0.3, -0.25) is 14.4 Å². The number of fused-ring (bicyclic) bond motifs is 2. The lowest BCUT2D eigenvalue weighted by molar-refractivity contribution is -0.141. The highest BCUT2D eigenvalue weighted by atomic mass is 32.2. The predicted octanol–water partition coefficient (Wildman–Crippen LogP) is 1.71. The number of rotatable bonds is 7. The minimum Gasteiger partial charge on any atom is -0.497 e. The number of amides is 2. The van der Waals surface area contributed by atoms with E-state index in [9.17, 15) is 22.8 Å². The third kappa shape index (κ3) is 5.65. The van der Waals surface area contributed by atoms with Crippen LogP contribution in [0.15, 0.2) is 47.5 Å². The summed E-state index contributed by atoms with van der Waals surface area (Å²) in [4.78, 5) is 43.0. The minimum atomic E-state index is -4.08. The number of esters is 1. The van der Waals surface area contributed by atoms with Crippen molar-refractivity contribution < 1.29 is 32.3 Å². The second-order valence-corrected chi connectivity index (χ2v) is 11.3. The number of hydrogen-bond donors (Lipinski definition) is 0.